The second-order valence-electron chi connectivity index (χ2n) is 16.1. The molecule has 0 bridgehead atoms. The molecule has 10 nitrogen and oxygen atoms in total. The van der Waals surface area contributed by atoms with Gasteiger partial charge in [0.05, 0.1) is 28.1 Å². The van der Waals surface area contributed by atoms with E-state index in [1.165, 1.54) is 5.56 Å². The Hall–Kier alpha value is -5.64. The summed E-state index contributed by atoms with van der Waals surface area (Å²) in [4.78, 5) is 27.7. The molecule has 1 atom stereocenters. The van der Waals surface area contributed by atoms with E-state index in [9.17, 15) is 20.2 Å². The Bertz CT molecular complexity index is 2100. The SMILES string of the molecule is CC(C)Oc1ccc(CCN2/C(=C/C=C/C3N(CCc4ccc(OC(C)C)cc4)c4ccc([N+](=O)[O-])cc4C3(C)C)C(C)(C)c3cc([N+](=O)[O-])ccc32)cc1. The van der Waals surface area contributed by atoms with Gasteiger partial charge in [-0.1, -0.05) is 64.1 Å². The summed E-state index contributed by atoms with van der Waals surface area (Å²) >= 11 is 0. The Balaban J connectivity index is 1.32. The lowest BCUT2D eigenvalue weighted by molar-refractivity contribution is -0.385. The van der Waals surface area contributed by atoms with Crippen molar-refractivity contribution < 1.29 is 19.3 Å². The summed E-state index contributed by atoms with van der Waals surface area (Å²) in [7, 11) is 0. The summed E-state index contributed by atoms with van der Waals surface area (Å²) in [6.45, 7) is 17.9. The molecule has 2 heterocycles. The second-order valence-corrected chi connectivity index (χ2v) is 16.1. The minimum atomic E-state index is -0.513. The lowest BCUT2D eigenvalue weighted by Crippen LogP contribution is -2.41. The van der Waals surface area contributed by atoms with Crippen LogP contribution in [0.25, 0.3) is 0 Å². The smallest absolute Gasteiger partial charge is 0.269 e. The van der Waals surface area contributed by atoms with E-state index in [1.807, 2.05) is 64.1 Å². The standard InChI is InChI=1S/C45H52N4O6/c1-30(2)54-36-18-12-32(13-19-36)24-26-46-40-22-16-34(48(50)51)28-38(40)44(5,6)42(46)10-9-11-43-45(7,8)39-29-35(49(52)53)17-23-41(39)47(43)27-25-33-14-20-37(21-15-33)55-31(3)4/h9-23,28-31,42H,24-27H2,1-8H3/b10-9+,43-11+. The predicted octanol–water partition coefficient (Wildman–Crippen LogP) is 10.3. The molecule has 0 saturated heterocycles. The Labute approximate surface area is 324 Å². The average molecular weight is 745 g/mol. The van der Waals surface area contributed by atoms with Crippen LogP contribution in [0.5, 0.6) is 11.5 Å². The van der Waals surface area contributed by atoms with E-state index in [-0.39, 0.29) is 39.5 Å². The molecular weight excluding hydrogens is 693 g/mol. The molecule has 2 aliphatic rings. The average Bonchev–Trinajstić information content (AvgIpc) is 3.47. The molecule has 0 amide bonds. The second kappa shape index (κ2) is 15.6. The van der Waals surface area contributed by atoms with Gasteiger partial charge >= 0.3 is 0 Å². The summed E-state index contributed by atoms with van der Waals surface area (Å²) in [5.41, 5.74) is 6.38. The normalized spacial score (nSPS) is 17.6. The fraction of sp³-hybridized carbons (Fsp3) is 0.378. The topological polar surface area (TPSA) is 111 Å². The zero-order chi connectivity index (χ0) is 39.7. The number of non-ortho nitro benzene ring substituents is 2. The van der Waals surface area contributed by atoms with E-state index < -0.39 is 10.8 Å². The molecule has 288 valence electrons. The van der Waals surface area contributed by atoms with Crippen LogP contribution in [-0.4, -0.2) is 41.2 Å². The summed E-state index contributed by atoms with van der Waals surface area (Å²) < 4.78 is 11.7. The van der Waals surface area contributed by atoms with E-state index in [0.717, 1.165) is 58.1 Å². The molecule has 4 aromatic rings. The van der Waals surface area contributed by atoms with Crippen molar-refractivity contribution in [2.45, 2.75) is 97.3 Å². The molecule has 55 heavy (non-hydrogen) atoms. The van der Waals surface area contributed by atoms with Crippen molar-refractivity contribution in [3.05, 3.63) is 151 Å². The fourth-order valence-corrected chi connectivity index (χ4v) is 7.98. The molecule has 4 aromatic carbocycles. The fourth-order valence-electron chi connectivity index (χ4n) is 7.98. The van der Waals surface area contributed by atoms with Crippen LogP contribution < -0.4 is 19.3 Å². The molecule has 0 N–H and O–H groups in total. The van der Waals surface area contributed by atoms with Crippen LogP contribution in [0.1, 0.15) is 77.6 Å². The van der Waals surface area contributed by atoms with Crippen molar-refractivity contribution in [3.63, 3.8) is 0 Å². The van der Waals surface area contributed by atoms with Gasteiger partial charge in [0, 0.05) is 65.3 Å². The van der Waals surface area contributed by atoms with Gasteiger partial charge in [-0.25, -0.2) is 0 Å². The largest absolute Gasteiger partial charge is 0.491 e. The minimum Gasteiger partial charge on any atom is -0.491 e. The summed E-state index contributed by atoms with van der Waals surface area (Å²) in [5, 5.41) is 23.7. The van der Waals surface area contributed by atoms with Gasteiger partial charge in [0.25, 0.3) is 11.4 Å². The molecular formula is C45H52N4O6. The maximum absolute atomic E-state index is 11.9. The molecule has 0 fully saturated rings. The third kappa shape index (κ3) is 8.23. The maximum Gasteiger partial charge on any atom is 0.269 e. The molecule has 1 unspecified atom stereocenters. The monoisotopic (exact) mass is 744 g/mol. The zero-order valence-electron chi connectivity index (χ0n) is 33.1. The van der Waals surface area contributed by atoms with Gasteiger partial charge in [-0.05, 0) is 105 Å². The number of rotatable bonds is 14. The highest BCUT2D eigenvalue weighted by Crippen LogP contribution is 2.50. The first kappa shape index (κ1) is 39.1. The van der Waals surface area contributed by atoms with Gasteiger partial charge in [-0.15, -0.1) is 0 Å². The van der Waals surface area contributed by atoms with Gasteiger partial charge in [0.15, 0.2) is 0 Å². The van der Waals surface area contributed by atoms with Crippen LogP contribution >= 0.6 is 0 Å². The molecule has 6 rings (SSSR count). The number of hydrogen-bond donors (Lipinski definition) is 0. The third-order valence-corrected chi connectivity index (χ3v) is 10.8. The molecule has 0 spiro atoms. The van der Waals surface area contributed by atoms with Crippen molar-refractivity contribution in [2.75, 3.05) is 22.9 Å². The zero-order valence-corrected chi connectivity index (χ0v) is 33.1. The Morgan fingerprint density at radius 2 is 1.18 bits per heavy atom. The van der Waals surface area contributed by atoms with Gasteiger partial charge in [0.2, 0.25) is 0 Å². The van der Waals surface area contributed by atoms with E-state index in [1.54, 1.807) is 24.3 Å². The highest BCUT2D eigenvalue weighted by atomic mass is 16.6. The quantitative estimate of drug-likeness (QED) is 0.0927. The summed E-state index contributed by atoms with van der Waals surface area (Å²) in [5.74, 6) is 1.67. The van der Waals surface area contributed by atoms with Crippen molar-refractivity contribution >= 4 is 22.7 Å². The van der Waals surface area contributed by atoms with Crippen LogP contribution in [0.15, 0.2) is 109 Å². The first-order valence-electron chi connectivity index (χ1n) is 19.1. The third-order valence-electron chi connectivity index (χ3n) is 10.8. The van der Waals surface area contributed by atoms with Gasteiger partial charge in [-0.3, -0.25) is 20.2 Å². The van der Waals surface area contributed by atoms with Gasteiger partial charge < -0.3 is 19.3 Å². The number of nitro groups is 2. The highest BCUT2D eigenvalue weighted by molar-refractivity contribution is 5.73. The van der Waals surface area contributed by atoms with Gasteiger partial charge in [0.1, 0.15) is 11.5 Å². The van der Waals surface area contributed by atoms with E-state index >= 15 is 0 Å². The lowest BCUT2D eigenvalue weighted by atomic mass is 9.80. The Morgan fingerprint density at radius 1 is 0.691 bits per heavy atom. The number of hydrogen-bond acceptors (Lipinski definition) is 8. The van der Waals surface area contributed by atoms with Crippen molar-refractivity contribution in [1.29, 1.82) is 0 Å². The summed E-state index contributed by atoms with van der Waals surface area (Å²) in [6, 6.07) is 26.6. The Morgan fingerprint density at radius 3 is 1.69 bits per heavy atom. The van der Waals surface area contributed by atoms with Crippen molar-refractivity contribution in [1.82, 2.24) is 0 Å². The molecule has 2 aliphatic heterocycles. The molecule has 0 aliphatic carbocycles. The number of benzene rings is 4. The van der Waals surface area contributed by atoms with Crippen molar-refractivity contribution in [2.24, 2.45) is 0 Å². The number of fused-ring (bicyclic) bond motifs is 2. The lowest BCUT2D eigenvalue weighted by Gasteiger charge is -2.32. The highest BCUT2D eigenvalue weighted by Gasteiger charge is 2.44. The number of allylic oxidation sites excluding steroid dienone is 3. The minimum absolute atomic E-state index is 0.0709. The molecule has 0 aromatic heterocycles. The van der Waals surface area contributed by atoms with Crippen LogP contribution in [0, 0.1) is 20.2 Å². The first-order valence-corrected chi connectivity index (χ1v) is 19.1. The number of nitrogens with zero attached hydrogens (tertiary/aromatic N) is 4. The van der Waals surface area contributed by atoms with Crippen molar-refractivity contribution in [3.8, 4) is 11.5 Å². The molecule has 10 heteroatoms. The van der Waals surface area contributed by atoms with E-state index in [2.05, 4.69) is 80.0 Å². The van der Waals surface area contributed by atoms with Gasteiger partial charge in [-0.2, -0.15) is 0 Å². The van der Waals surface area contributed by atoms with Crippen LogP contribution in [0.4, 0.5) is 22.7 Å². The predicted molar refractivity (Wildman–Crippen MR) is 220 cm³/mol. The molecule has 0 radical (unpaired) electrons. The number of anilines is 2. The number of nitro benzene ring substituents is 2. The van der Waals surface area contributed by atoms with E-state index in [0.29, 0.717) is 13.1 Å². The van der Waals surface area contributed by atoms with E-state index in [4.69, 9.17) is 9.47 Å². The van der Waals surface area contributed by atoms with Crippen LogP contribution in [-0.2, 0) is 23.7 Å². The molecule has 0 saturated carbocycles. The van der Waals surface area contributed by atoms with Crippen LogP contribution in [0.2, 0.25) is 0 Å². The number of ether oxygens (including phenoxy) is 2. The maximum atomic E-state index is 11.9. The van der Waals surface area contributed by atoms with Crippen LogP contribution in [0.3, 0.4) is 0 Å². The first-order chi connectivity index (χ1) is 26.1. The Kier molecular flexibility index (Phi) is 11.1. The summed E-state index contributed by atoms with van der Waals surface area (Å²) in [6.07, 6.45) is 8.16.